The molecule has 0 radical (unpaired) electrons. The van der Waals surface area contributed by atoms with Crippen LogP contribution in [0.2, 0.25) is 0 Å². The quantitative estimate of drug-likeness (QED) is 0.538. The number of anilines is 1. The van der Waals surface area contributed by atoms with E-state index in [4.69, 9.17) is 9.47 Å². The largest absolute Gasteiger partial charge is 0.465 e. The monoisotopic (exact) mass is 426 g/mol. The molecule has 2 aliphatic heterocycles. The van der Waals surface area contributed by atoms with E-state index in [1.54, 1.807) is 0 Å². The number of nitrogens with zero attached hydrogens (tertiary/aromatic N) is 5. The molecule has 8 nitrogen and oxygen atoms in total. The van der Waals surface area contributed by atoms with Crippen LogP contribution < -0.4 is 4.90 Å². The van der Waals surface area contributed by atoms with E-state index in [0.29, 0.717) is 18.3 Å². The van der Waals surface area contributed by atoms with Crippen LogP contribution in [0, 0.1) is 0 Å². The van der Waals surface area contributed by atoms with E-state index in [9.17, 15) is 0 Å². The third-order valence-electron chi connectivity index (χ3n) is 5.87. The van der Waals surface area contributed by atoms with Crippen molar-refractivity contribution in [1.82, 2.24) is 19.9 Å². The van der Waals surface area contributed by atoms with Gasteiger partial charge in [-0.15, -0.1) is 0 Å². The number of rotatable bonds is 4. The lowest BCUT2D eigenvalue weighted by molar-refractivity contribution is 0.122. The molecule has 0 unspecified atom stereocenters. The molecular formula is C24H22N6O2. The standard InChI is InChI=1S/C24H22N6O2/c1-2-4-16(5-3-1)21-15-29-24(32-21)23-25-11-17(12-26-23)20-14-28-22-19(20)10-18(13-27-22)30-6-8-31-9-7-30/h1-5,10-14,21H,6-9,15H2,(H,27,28)/t21-/m0/s1. The molecule has 1 fully saturated rings. The number of hydrogen-bond donors (Lipinski definition) is 1. The van der Waals surface area contributed by atoms with E-state index < -0.39 is 0 Å². The SMILES string of the molecule is c1ccc([C@@H]2CN=C(c3ncc(-c4c[nH]c5ncc(N6CCOCC6)cc45)cn3)O2)cc1. The average Bonchev–Trinajstić information content (AvgIpc) is 3.53. The van der Waals surface area contributed by atoms with Crippen molar-refractivity contribution in [1.29, 1.82) is 0 Å². The summed E-state index contributed by atoms with van der Waals surface area (Å²) in [6.45, 7) is 3.80. The number of aromatic amines is 1. The van der Waals surface area contributed by atoms with Gasteiger partial charge in [-0.05, 0) is 11.6 Å². The molecule has 4 aromatic rings. The molecule has 0 spiro atoms. The zero-order valence-corrected chi connectivity index (χ0v) is 17.4. The van der Waals surface area contributed by atoms with Crippen LogP contribution in [0.5, 0.6) is 0 Å². The number of morpholine rings is 1. The van der Waals surface area contributed by atoms with Gasteiger partial charge in [-0.25, -0.2) is 19.9 Å². The first kappa shape index (κ1) is 18.9. The van der Waals surface area contributed by atoms with Crippen molar-refractivity contribution in [3.8, 4) is 11.1 Å². The molecule has 3 aromatic heterocycles. The van der Waals surface area contributed by atoms with E-state index >= 15 is 0 Å². The predicted octanol–water partition coefficient (Wildman–Crippen LogP) is 3.37. The maximum atomic E-state index is 6.01. The van der Waals surface area contributed by atoms with Crippen LogP contribution in [0.1, 0.15) is 17.5 Å². The number of pyridine rings is 1. The number of hydrogen-bond acceptors (Lipinski definition) is 7. The van der Waals surface area contributed by atoms with E-state index in [1.807, 2.05) is 55.1 Å². The van der Waals surface area contributed by atoms with Crippen molar-refractivity contribution in [2.75, 3.05) is 37.7 Å². The summed E-state index contributed by atoms with van der Waals surface area (Å²) in [4.78, 5) is 23.7. The van der Waals surface area contributed by atoms with Crippen molar-refractivity contribution in [3.05, 3.63) is 72.6 Å². The highest BCUT2D eigenvalue weighted by Crippen LogP contribution is 2.30. The maximum Gasteiger partial charge on any atom is 0.255 e. The molecule has 6 rings (SSSR count). The van der Waals surface area contributed by atoms with Gasteiger partial charge >= 0.3 is 0 Å². The highest BCUT2D eigenvalue weighted by Gasteiger charge is 2.24. The molecule has 5 heterocycles. The first-order chi connectivity index (χ1) is 15.8. The van der Waals surface area contributed by atoms with Crippen LogP contribution in [0.3, 0.4) is 0 Å². The number of aliphatic imine (C=N–C) groups is 1. The van der Waals surface area contributed by atoms with Gasteiger partial charge in [-0.3, -0.25) is 0 Å². The molecule has 160 valence electrons. The van der Waals surface area contributed by atoms with Gasteiger partial charge in [-0.1, -0.05) is 30.3 Å². The molecular weight excluding hydrogens is 404 g/mol. The fraction of sp³-hybridized carbons (Fsp3) is 0.250. The summed E-state index contributed by atoms with van der Waals surface area (Å²) in [5, 5.41) is 1.05. The maximum absolute atomic E-state index is 6.01. The highest BCUT2D eigenvalue weighted by atomic mass is 16.5. The molecule has 1 N–H and O–H groups in total. The normalized spacial score (nSPS) is 18.6. The Kier molecular flexibility index (Phi) is 4.77. The molecule has 1 atom stereocenters. The van der Waals surface area contributed by atoms with Crippen LogP contribution >= 0.6 is 0 Å². The summed E-state index contributed by atoms with van der Waals surface area (Å²) in [6, 6.07) is 12.3. The minimum atomic E-state index is -0.0900. The third kappa shape index (κ3) is 3.48. The van der Waals surface area contributed by atoms with Crippen molar-refractivity contribution >= 4 is 22.6 Å². The third-order valence-corrected chi connectivity index (χ3v) is 5.87. The van der Waals surface area contributed by atoms with E-state index in [-0.39, 0.29) is 6.10 Å². The smallest absolute Gasteiger partial charge is 0.255 e. The molecule has 8 heteroatoms. The van der Waals surface area contributed by atoms with E-state index in [0.717, 1.165) is 59.7 Å². The van der Waals surface area contributed by atoms with Crippen molar-refractivity contribution in [3.63, 3.8) is 0 Å². The van der Waals surface area contributed by atoms with Gasteiger partial charge in [0.15, 0.2) is 0 Å². The van der Waals surface area contributed by atoms with E-state index in [2.05, 4.69) is 35.9 Å². The Balaban J connectivity index is 1.24. The van der Waals surface area contributed by atoms with Gasteiger partial charge in [-0.2, -0.15) is 0 Å². The second kappa shape index (κ2) is 8.05. The van der Waals surface area contributed by atoms with Crippen LogP contribution in [-0.2, 0) is 9.47 Å². The van der Waals surface area contributed by atoms with Gasteiger partial charge in [0.1, 0.15) is 11.8 Å². The molecule has 2 aliphatic rings. The fourth-order valence-corrected chi connectivity index (χ4v) is 4.14. The minimum absolute atomic E-state index is 0.0900. The lowest BCUT2D eigenvalue weighted by atomic mass is 10.1. The van der Waals surface area contributed by atoms with Crippen LogP contribution in [0.4, 0.5) is 5.69 Å². The van der Waals surface area contributed by atoms with Gasteiger partial charge in [0, 0.05) is 48.2 Å². The summed E-state index contributed by atoms with van der Waals surface area (Å²) >= 11 is 0. The van der Waals surface area contributed by atoms with Crippen molar-refractivity contribution < 1.29 is 9.47 Å². The number of aromatic nitrogens is 4. The van der Waals surface area contributed by atoms with Crippen LogP contribution in [-0.4, -0.2) is 58.7 Å². The van der Waals surface area contributed by atoms with Crippen LogP contribution in [0.15, 0.2) is 66.2 Å². The van der Waals surface area contributed by atoms with Crippen LogP contribution in [0.25, 0.3) is 22.2 Å². The second-order valence-electron chi connectivity index (χ2n) is 7.85. The molecule has 1 saturated heterocycles. The molecule has 1 aromatic carbocycles. The Morgan fingerprint density at radius 3 is 2.59 bits per heavy atom. The predicted molar refractivity (Wildman–Crippen MR) is 122 cm³/mol. The second-order valence-corrected chi connectivity index (χ2v) is 7.85. The Bertz CT molecular complexity index is 1260. The molecule has 0 saturated carbocycles. The topological polar surface area (TPSA) is 88.5 Å². The number of ether oxygens (including phenoxy) is 2. The van der Waals surface area contributed by atoms with Crippen molar-refractivity contribution in [2.24, 2.45) is 4.99 Å². The Labute approximate surface area is 185 Å². The first-order valence-corrected chi connectivity index (χ1v) is 10.7. The summed E-state index contributed by atoms with van der Waals surface area (Å²) < 4.78 is 11.5. The number of fused-ring (bicyclic) bond motifs is 1. The minimum Gasteiger partial charge on any atom is -0.465 e. The van der Waals surface area contributed by atoms with Gasteiger partial charge in [0.05, 0.1) is 31.6 Å². The van der Waals surface area contributed by atoms with Gasteiger partial charge in [0.2, 0.25) is 5.82 Å². The fourth-order valence-electron chi connectivity index (χ4n) is 4.14. The zero-order chi connectivity index (χ0) is 21.3. The Morgan fingerprint density at radius 2 is 1.78 bits per heavy atom. The molecule has 0 bridgehead atoms. The Hall–Kier alpha value is -3.78. The van der Waals surface area contributed by atoms with E-state index in [1.165, 1.54) is 0 Å². The van der Waals surface area contributed by atoms with Gasteiger partial charge in [0.25, 0.3) is 5.90 Å². The molecule has 0 aliphatic carbocycles. The zero-order valence-electron chi connectivity index (χ0n) is 17.4. The van der Waals surface area contributed by atoms with Gasteiger partial charge < -0.3 is 19.4 Å². The molecule has 0 amide bonds. The summed E-state index contributed by atoms with van der Waals surface area (Å²) in [5.41, 5.74) is 4.98. The number of nitrogens with one attached hydrogen (secondary N) is 1. The Morgan fingerprint density at radius 1 is 0.969 bits per heavy atom. The van der Waals surface area contributed by atoms with Crippen molar-refractivity contribution in [2.45, 2.75) is 6.10 Å². The summed E-state index contributed by atoms with van der Waals surface area (Å²) in [7, 11) is 0. The number of benzene rings is 1. The average molecular weight is 426 g/mol. The summed E-state index contributed by atoms with van der Waals surface area (Å²) in [5.74, 6) is 0.986. The lowest BCUT2D eigenvalue weighted by Gasteiger charge is -2.28. The lowest BCUT2D eigenvalue weighted by Crippen LogP contribution is -2.36. The first-order valence-electron chi connectivity index (χ1n) is 10.7. The highest BCUT2D eigenvalue weighted by molar-refractivity contribution is 5.96. The number of H-pyrrole nitrogens is 1. The summed E-state index contributed by atoms with van der Waals surface area (Å²) in [6.07, 6.45) is 7.40. The molecule has 32 heavy (non-hydrogen) atoms.